The summed E-state index contributed by atoms with van der Waals surface area (Å²) in [5, 5.41) is 3.32. The molecule has 1 aromatic carbocycles. The van der Waals surface area contributed by atoms with Gasteiger partial charge in [0, 0.05) is 12.4 Å². The van der Waals surface area contributed by atoms with Gasteiger partial charge in [-0.1, -0.05) is 35.4 Å². The molecule has 0 saturated heterocycles. The van der Waals surface area contributed by atoms with Gasteiger partial charge in [0.05, 0.1) is 16.6 Å². The summed E-state index contributed by atoms with van der Waals surface area (Å²) in [6, 6.07) is 7.74. The van der Waals surface area contributed by atoms with Gasteiger partial charge >= 0.3 is 0 Å². The molecule has 1 unspecified atom stereocenters. The van der Waals surface area contributed by atoms with E-state index in [1.54, 1.807) is 12.3 Å². The first kappa shape index (κ1) is 14.5. The van der Waals surface area contributed by atoms with E-state index in [0.717, 1.165) is 5.56 Å². The standard InChI is InChI=1S/C16H17ClN2O/c1-10-4-5-13(11(2)8-10)12(3)19-16(20)14-6-7-18-9-15(14)17/h4-9,12H,1-3H3,(H,19,20). The summed E-state index contributed by atoms with van der Waals surface area (Å²) < 4.78 is 0. The predicted molar refractivity (Wildman–Crippen MR) is 81.0 cm³/mol. The average Bonchev–Trinajstić information content (AvgIpc) is 2.38. The van der Waals surface area contributed by atoms with E-state index >= 15 is 0 Å². The molecule has 0 spiro atoms. The first-order valence-corrected chi connectivity index (χ1v) is 6.84. The number of pyridine rings is 1. The van der Waals surface area contributed by atoms with E-state index in [9.17, 15) is 4.79 Å². The zero-order chi connectivity index (χ0) is 14.7. The lowest BCUT2D eigenvalue weighted by molar-refractivity contribution is 0.0940. The molecule has 4 heteroatoms. The van der Waals surface area contributed by atoms with Gasteiger partial charge in [-0.25, -0.2) is 0 Å². The van der Waals surface area contributed by atoms with Crippen molar-refractivity contribution in [3.05, 3.63) is 63.9 Å². The molecule has 0 aliphatic heterocycles. The van der Waals surface area contributed by atoms with E-state index in [1.807, 2.05) is 26.0 Å². The van der Waals surface area contributed by atoms with Crippen LogP contribution in [0.1, 0.15) is 40.0 Å². The van der Waals surface area contributed by atoms with E-state index < -0.39 is 0 Å². The van der Waals surface area contributed by atoms with Crippen LogP contribution in [0.25, 0.3) is 0 Å². The molecule has 0 aliphatic carbocycles. The first-order chi connectivity index (χ1) is 9.49. The lowest BCUT2D eigenvalue weighted by Crippen LogP contribution is -2.27. The molecule has 2 rings (SSSR count). The van der Waals surface area contributed by atoms with Crippen LogP contribution in [-0.4, -0.2) is 10.9 Å². The predicted octanol–water partition coefficient (Wildman–Crippen LogP) is 3.84. The number of carbonyl (C=O) groups excluding carboxylic acids is 1. The molecule has 2 aromatic rings. The van der Waals surface area contributed by atoms with E-state index in [-0.39, 0.29) is 11.9 Å². The smallest absolute Gasteiger partial charge is 0.253 e. The SMILES string of the molecule is Cc1ccc(C(C)NC(=O)c2ccncc2Cl)c(C)c1. The number of hydrogen-bond acceptors (Lipinski definition) is 2. The minimum Gasteiger partial charge on any atom is -0.345 e. The highest BCUT2D eigenvalue weighted by Crippen LogP contribution is 2.20. The molecule has 0 radical (unpaired) electrons. The molecule has 1 heterocycles. The quantitative estimate of drug-likeness (QED) is 0.932. The zero-order valence-corrected chi connectivity index (χ0v) is 12.5. The lowest BCUT2D eigenvalue weighted by atomic mass is 10.00. The highest BCUT2D eigenvalue weighted by Gasteiger charge is 2.15. The molecule has 0 saturated carbocycles. The van der Waals surface area contributed by atoms with Crippen LogP contribution in [0.15, 0.2) is 36.7 Å². The fraction of sp³-hybridized carbons (Fsp3) is 0.250. The molecule has 3 nitrogen and oxygen atoms in total. The number of nitrogens with zero attached hydrogens (tertiary/aromatic N) is 1. The number of aromatic nitrogens is 1. The third-order valence-electron chi connectivity index (χ3n) is 3.26. The van der Waals surface area contributed by atoms with Crippen molar-refractivity contribution in [3.63, 3.8) is 0 Å². The average molecular weight is 289 g/mol. The summed E-state index contributed by atoms with van der Waals surface area (Å²) in [6.45, 7) is 6.06. The van der Waals surface area contributed by atoms with Gasteiger partial charge in [0.1, 0.15) is 0 Å². The zero-order valence-electron chi connectivity index (χ0n) is 11.8. The summed E-state index contributed by atoms with van der Waals surface area (Å²) in [5.74, 6) is -0.190. The molecule has 20 heavy (non-hydrogen) atoms. The van der Waals surface area contributed by atoms with Crippen LogP contribution in [-0.2, 0) is 0 Å². The maximum absolute atomic E-state index is 12.2. The van der Waals surface area contributed by atoms with Crippen LogP contribution in [0.3, 0.4) is 0 Å². The van der Waals surface area contributed by atoms with E-state index in [2.05, 4.69) is 23.3 Å². The van der Waals surface area contributed by atoms with Crippen LogP contribution in [0.2, 0.25) is 5.02 Å². The van der Waals surface area contributed by atoms with Crippen molar-refractivity contribution >= 4 is 17.5 Å². The van der Waals surface area contributed by atoms with Crippen molar-refractivity contribution in [2.45, 2.75) is 26.8 Å². The molecule has 1 atom stereocenters. The number of benzene rings is 1. The monoisotopic (exact) mass is 288 g/mol. The molecular formula is C16H17ClN2O. The summed E-state index contributed by atoms with van der Waals surface area (Å²) in [5.41, 5.74) is 3.92. The largest absolute Gasteiger partial charge is 0.345 e. The van der Waals surface area contributed by atoms with Gasteiger partial charge in [-0.2, -0.15) is 0 Å². The van der Waals surface area contributed by atoms with Crippen LogP contribution in [0, 0.1) is 13.8 Å². The molecule has 104 valence electrons. The summed E-state index contributed by atoms with van der Waals surface area (Å²) in [4.78, 5) is 16.1. The Kier molecular flexibility index (Phi) is 4.40. The fourth-order valence-corrected chi connectivity index (χ4v) is 2.43. The second-order valence-electron chi connectivity index (χ2n) is 4.91. The van der Waals surface area contributed by atoms with Crippen molar-refractivity contribution < 1.29 is 4.79 Å². The number of rotatable bonds is 3. The molecule has 1 N–H and O–H groups in total. The number of halogens is 1. The minimum absolute atomic E-state index is 0.0765. The van der Waals surface area contributed by atoms with Gasteiger partial charge in [-0.15, -0.1) is 0 Å². The highest BCUT2D eigenvalue weighted by molar-refractivity contribution is 6.33. The highest BCUT2D eigenvalue weighted by atomic mass is 35.5. The van der Waals surface area contributed by atoms with Gasteiger partial charge in [0.2, 0.25) is 0 Å². The van der Waals surface area contributed by atoms with Gasteiger partial charge in [0.15, 0.2) is 0 Å². The third kappa shape index (κ3) is 3.17. The Balaban J connectivity index is 2.17. The van der Waals surface area contributed by atoms with Crippen LogP contribution in [0.5, 0.6) is 0 Å². The number of aryl methyl sites for hydroxylation is 2. The Labute approximate surface area is 124 Å². The number of nitrogens with one attached hydrogen (secondary N) is 1. The Bertz CT molecular complexity index is 640. The Hall–Kier alpha value is -1.87. The third-order valence-corrected chi connectivity index (χ3v) is 3.56. The minimum atomic E-state index is -0.190. The molecular weight excluding hydrogens is 272 g/mol. The number of carbonyl (C=O) groups is 1. The summed E-state index contributed by atoms with van der Waals surface area (Å²) in [6.07, 6.45) is 3.03. The van der Waals surface area contributed by atoms with Gasteiger partial charge in [0.25, 0.3) is 5.91 Å². The van der Waals surface area contributed by atoms with Crippen molar-refractivity contribution in [1.29, 1.82) is 0 Å². The molecule has 1 amide bonds. The van der Waals surface area contributed by atoms with Gasteiger partial charge < -0.3 is 5.32 Å². The normalized spacial score (nSPS) is 12.0. The summed E-state index contributed by atoms with van der Waals surface area (Å²) >= 11 is 5.98. The lowest BCUT2D eigenvalue weighted by Gasteiger charge is -2.17. The van der Waals surface area contributed by atoms with Gasteiger partial charge in [-0.05, 0) is 38.0 Å². The maximum atomic E-state index is 12.2. The fourth-order valence-electron chi connectivity index (χ4n) is 2.22. The van der Waals surface area contributed by atoms with Crippen molar-refractivity contribution in [3.8, 4) is 0 Å². The van der Waals surface area contributed by atoms with E-state index in [4.69, 9.17) is 11.6 Å². The van der Waals surface area contributed by atoms with Crippen molar-refractivity contribution in [1.82, 2.24) is 10.3 Å². The maximum Gasteiger partial charge on any atom is 0.253 e. The molecule has 0 aliphatic rings. The van der Waals surface area contributed by atoms with E-state index in [1.165, 1.54) is 17.3 Å². The number of hydrogen-bond donors (Lipinski definition) is 1. The van der Waals surface area contributed by atoms with E-state index in [0.29, 0.717) is 10.6 Å². The topological polar surface area (TPSA) is 42.0 Å². The number of amides is 1. The van der Waals surface area contributed by atoms with Gasteiger partial charge in [-0.3, -0.25) is 9.78 Å². The molecule has 0 bridgehead atoms. The molecule has 0 fully saturated rings. The Morgan fingerprint density at radius 2 is 2.05 bits per heavy atom. The molecule has 1 aromatic heterocycles. The van der Waals surface area contributed by atoms with Crippen LogP contribution < -0.4 is 5.32 Å². The van der Waals surface area contributed by atoms with Crippen LogP contribution >= 0.6 is 11.6 Å². The second kappa shape index (κ2) is 6.06. The Morgan fingerprint density at radius 3 is 2.70 bits per heavy atom. The van der Waals surface area contributed by atoms with Crippen molar-refractivity contribution in [2.24, 2.45) is 0 Å². The summed E-state index contributed by atoms with van der Waals surface area (Å²) in [7, 11) is 0. The van der Waals surface area contributed by atoms with Crippen LogP contribution in [0.4, 0.5) is 0 Å². The van der Waals surface area contributed by atoms with Crippen molar-refractivity contribution in [2.75, 3.05) is 0 Å². The second-order valence-corrected chi connectivity index (χ2v) is 5.32. The first-order valence-electron chi connectivity index (χ1n) is 6.46. The Morgan fingerprint density at radius 1 is 1.30 bits per heavy atom.